The molecule has 0 saturated carbocycles. The molecule has 0 aliphatic rings. The van der Waals surface area contributed by atoms with Gasteiger partial charge in [-0.3, -0.25) is 0 Å². The summed E-state index contributed by atoms with van der Waals surface area (Å²) in [5.41, 5.74) is 16.5. The normalized spacial score (nSPS) is 13.6. The highest BCUT2D eigenvalue weighted by atomic mass is 16.5. The lowest BCUT2D eigenvalue weighted by Crippen LogP contribution is -3.02. The first-order valence-corrected chi connectivity index (χ1v) is 7.38. The molecule has 0 spiro atoms. The van der Waals surface area contributed by atoms with Crippen molar-refractivity contribution in [3.05, 3.63) is 59.1 Å². The van der Waals surface area contributed by atoms with Crippen molar-refractivity contribution in [2.45, 2.75) is 20.3 Å². The molecule has 0 aliphatic carbocycles. The van der Waals surface area contributed by atoms with Crippen LogP contribution in [0.2, 0.25) is 0 Å². The van der Waals surface area contributed by atoms with Gasteiger partial charge in [0, 0.05) is 12.0 Å². The van der Waals surface area contributed by atoms with E-state index in [2.05, 4.69) is 13.8 Å². The number of hydrogen-bond donors (Lipinski definition) is 1. The average molecular weight is 299 g/mol. The molecule has 0 bridgehead atoms. The highest BCUT2D eigenvalue weighted by Gasteiger charge is 2.09. The summed E-state index contributed by atoms with van der Waals surface area (Å²) in [5, 5.41) is 12.3. The summed E-state index contributed by atoms with van der Waals surface area (Å²) in [6.07, 6.45) is 0.973. The van der Waals surface area contributed by atoms with Crippen molar-refractivity contribution in [1.82, 2.24) is 0 Å². The molecule has 0 saturated heterocycles. The molecule has 2 atom stereocenters. The first-order chi connectivity index (χ1) is 10.5. The maximum atomic E-state index is 12.2. The number of hydrogen-bond acceptors (Lipinski definition) is 2. The van der Waals surface area contributed by atoms with Gasteiger partial charge in [-0.25, -0.2) is 0 Å². The van der Waals surface area contributed by atoms with Crippen molar-refractivity contribution >= 4 is 17.1 Å². The van der Waals surface area contributed by atoms with E-state index in [0.717, 1.165) is 6.42 Å². The topological polar surface area (TPSA) is 84.3 Å². The second-order valence-corrected chi connectivity index (χ2v) is 5.48. The summed E-state index contributed by atoms with van der Waals surface area (Å²) in [7, 11) is 0. The molecule has 2 unspecified atom stereocenters. The lowest BCUT2D eigenvalue weighted by Gasteiger charge is -2.25. The fraction of sp³-hybridized carbons (Fsp3) is 0.294. The van der Waals surface area contributed by atoms with E-state index in [1.807, 2.05) is 0 Å². The fourth-order valence-corrected chi connectivity index (χ4v) is 2.05. The maximum absolute atomic E-state index is 12.2. The molecule has 5 heteroatoms. The lowest BCUT2D eigenvalue weighted by atomic mass is 10.1. The van der Waals surface area contributed by atoms with Crippen molar-refractivity contribution in [2.24, 2.45) is 5.92 Å². The van der Waals surface area contributed by atoms with Crippen molar-refractivity contribution in [2.75, 3.05) is 6.54 Å². The summed E-state index contributed by atoms with van der Waals surface area (Å²) >= 11 is 0. The Balaban J connectivity index is 2.16. The zero-order valence-corrected chi connectivity index (χ0v) is 12.8. The zero-order chi connectivity index (χ0) is 16.1. The smallest absolute Gasteiger partial charge is 0.134 e. The van der Waals surface area contributed by atoms with Gasteiger partial charge in [0.25, 0.3) is 0 Å². The molecule has 0 aromatic heterocycles. The van der Waals surface area contributed by atoms with Gasteiger partial charge in [0.2, 0.25) is 0 Å². The molecule has 3 N–H and O–H groups in total. The first kappa shape index (κ1) is 16.1. The van der Waals surface area contributed by atoms with Gasteiger partial charge in [0.1, 0.15) is 17.2 Å². The van der Waals surface area contributed by atoms with E-state index in [1.54, 1.807) is 30.3 Å². The molecule has 0 amide bonds. The Morgan fingerprint density at radius 2 is 1.95 bits per heavy atom. The minimum absolute atomic E-state index is 0.0974. The third-order valence-electron chi connectivity index (χ3n) is 3.60. The van der Waals surface area contributed by atoms with Gasteiger partial charge < -0.3 is 26.5 Å². The van der Waals surface area contributed by atoms with E-state index >= 15 is 0 Å². The SMILES string of the molecule is CCC(C)C[NH+]([O-])c1cccc(Oc2cc([NH-])ccc2[NH-])c1. The van der Waals surface area contributed by atoms with Gasteiger partial charge in [-0.15, -0.1) is 5.69 Å². The Hall–Kier alpha value is -2.24. The van der Waals surface area contributed by atoms with Crippen molar-refractivity contribution in [1.29, 1.82) is 0 Å². The summed E-state index contributed by atoms with van der Waals surface area (Å²) in [5.74, 6) is 1.19. The van der Waals surface area contributed by atoms with E-state index in [9.17, 15) is 5.21 Å². The summed E-state index contributed by atoms with van der Waals surface area (Å²) < 4.78 is 5.65. The van der Waals surface area contributed by atoms with Gasteiger partial charge in [-0.05, 0) is 24.6 Å². The van der Waals surface area contributed by atoms with Gasteiger partial charge in [-0.1, -0.05) is 37.7 Å². The molecule has 2 rings (SSSR count). The highest BCUT2D eigenvalue weighted by Crippen LogP contribution is 2.34. The predicted molar refractivity (Wildman–Crippen MR) is 89.2 cm³/mol. The molecule has 0 aliphatic heterocycles. The highest BCUT2D eigenvalue weighted by molar-refractivity contribution is 5.64. The fourth-order valence-electron chi connectivity index (χ4n) is 2.05. The maximum Gasteiger partial charge on any atom is 0.134 e. The molecule has 118 valence electrons. The summed E-state index contributed by atoms with van der Waals surface area (Å²) in [6.45, 7) is 4.65. The minimum atomic E-state index is 0.0974. The quantitative estimate of drug-likeness (QED) is 0.769. The van der Waals surface area contributed by atoms with Crippen LogP contribution >= 0.6 is 0 Å². The molecule has 0 heterocycles. The van der Waals surface area contributed by atoms with Crippen molar-refractivity contribution < 1.29 is 9.80 Å². The largest absolute Gasteiger partial charge is 0.699 e. The number of hydroxylamine groups is 1. The Morgan fingerprint density at radius 1 is 1.18 bits per heavy atom. The average Bonchev–Trinajstić information content (AvgIpc) is 2.51. The second kappa shape index (κ2) is 7.15. The second-order valence-electron chi connectivity index (χ2n) is 5.48. The third kappa shape index (κ3) is 4.13. The zero-order valence-electron chi connectivity index (χ0n) is 12.8. The molecule has 2 aromatic carbocycles. The molecular weight excluding hydrogens is 278 g/mol. The van der Waals surface area contributed by atoms with Crippen molar-refractivity contribution in [3.8, 4) is 11.5 Å². The predicted octanol–water partition coefficient (Wildman–Crippen LogP) is 4.91. The summed E-state index contributed by atoms with van der Waals surface area (Å²) in [4.78, 5) is 0. The Morgan fingerprint density at radius 3 is 2.68 bits per heavy atom. The number of benzene rings is 2. The molecule has 5 nitrogen and oxygen atoms in total. The van der Waals surface area contributed by atoms with Crippen molar-refractivity contribution in [3.63, 3.8) is 0 Å². The van der Waals surface area contributed by atoms with Crippen LogP contribution in [0.5, 0.6) is 11.5 Å². The molecule has 2 aromatic rings. The molecule has 0 fully saturated rings. The van der Waals surface area contributed by atoms with E-state index in [-0.39, 0.29) is 16.4 Å². The van der Waals surface area contributed by atoms with Crippen LogP contribution in [0.4, 0.5) is 17.1 Å². The van der Waals surface area contributed by atoms with Crippen LogP contribution in [-0.4, -0.2) is 6.54 Å². The number of ether oxygens (including phenoxy) is 1. The third-order valence-corrected chi connectivity index (χ3v) is 3.60. The standard InChI is InChI=1S/C17H21N3O2/c1-3-12(2)11-20(21)14-5-4-6-15(10-14)22-17-9-13(18)7-8-16(17)19/h4-10,12,18-20H,3,11H2,1-2H3/q-2. The molecular formula is C17H21N3O2-2. The van der Waals surface area contributed by atoms with Gasteiger partial charge in [0.05, 0.1) is 6.54 Å². The van der Waals surface area contributed by atoms with Crippen LogP contribution in [0.25, 0.3) is 11.5 Å². The van der Waals surface area contributed by atoms with E-state index < -0.39 is 0 Å². The number of rotatable bonds is 6. The Kier molecular flexibility index (Phi) is 5.25. The number of nitrogens with one attached hydrogen (secondary N) is 3. The van der Waals surface area contributed by atoms with E-state index in [1.165, 1.54) is 12.1 Å². The van der Waals surface area contributed by atoms with E-state index in [0.29, 0.717) is 29.6 Å². The van der Waals surface area contributed by atoms with Crippen LogP contribution in [0.3, 0.4) is 0 Å². The van der Waals surface area contributed by atoms with Gasteiger partial charge in [-0.2, -0.15) is 0 Å². The van der Waals surface area contributed by atoms with Crippen LogP contribution in [0, 0.1) is 11.1 Å². The number of quaternary nitrogens is 1. The van der Waals surface area contributed by atoms with E-state index in [4.69, 9.17) is 16.2 Å². The Bertz CT molecular complexity index is 631. The Labute approximate surface area is 131 Å². The van der Waals surface area contributed by atoms with Crippen LogP contribution in [-0.2, 0) is 0 Å². The monoisotopic (exact) mass is 299 g/mol. The lowest BCUT2D eigenvalue weighted by molar-refractivity contribution is -0.780. The van der Waals surface area contributed by atoms with Gasteiger partial charge in [0.15, 0.2) is 0 Å². The van der Waals surface area contributed by atoms with Crippen LogP contribution in [0.1, 0.15) is 20.3 Å². The minimum Gasteiger partial charge on any atom is -0.699 e. The van der Waals surface area contributed by atoms with Gasteiger partial charge >= 0.3 is 0 Å². The van der Waals surface area contributed by atoms with Crippen LogP contribution in [0.15, 0.2) is 42.5 Å². The summed E-state index contributed by atoms with van der Waals surface area (Å²) in [6, 6.07) is 11.6. The first-order valence-electron chi connectivity index (χ1n) is 7.38. The molecule has 0 radical (unpaired) electrons. The molecule has 22 heavy (non-hydrogen) atoms. The van der Waals surface area contributed by atoms with Crippen LogP contribution < -0.4 is 9.80 Å².